The second kappa shape index (κ2) is 5.98. The van der Waals surface area contributed by atoms with E-state index in [4.69, 9.17) is 0 Å². The summed E-state index contributed by atoms with van der Waals surface area (Å²) in [4.78, 5) is 13.4. The molecular formula is C10H21N3O. The molecule has 4 nitrogen and oxygen atoms in total. The molecule has 0 aromatic rings. The highest BCUT2D eigenvalue weighted by molar-refractivity contribution is 5.78. The summed E-state index contributed by atoms with van der Waals surface area (Å²) in [5.74, 6) is 0.166. The van der Waals surface area contributed by atoms with Crippen molar-refractivity contribution < 1.29 is 4.79 Å². The number of hydrogen-bond acceptors (Lipinski definition) is 3. The van der Waals surface area contributed by atoms with E-state index in [1.807, 2.05) is 14.1 Å². The largest absolute Gasteiger partial charge is 0.352 e. The number of nitrogens with one attached hydrogen (secondary N) is 2. The van der Waals surface area contributed by atoms with Crippen molar-refractivity contribution in [3.05, 3.63) is 0 Å². The molecule has 82 valence electrons. The molecule has 1 aliphatic rings. The number of rotatable bonds is 7. The first-order chi connectivity index (χ1) is 6.72. The van der Waals surface area contributed by atoms with Gasteiger partial charge in [0.05, 0.1) is 6.54 Å². The average molecular weight is 199 g/mol. The van der Waals surface area contributed by atoms with Crippen LogP contribution in [0.4, 0.5) is 0 Å². The fourth-order valence-electron chi connectivity index (χ4n) is 1.35. The summed E-state index contributed by atoms with van der Waals surface area (Å²) in [5, 5.41) is 6.07. The minimum Gasteiger partial charge on any atom is -0.352 e. The molecule has 14 heavy (non-hydrogen) atoms. The fraction of sp³-hybridized carbons (Fsp3) is 0.900. The van der Waals surface area contributed by atoms with Gasteiger partial charge in [-0.2, -0.15) is 0 Å². The molecule has 0 unspecified atom stereocenters. The van der Waals surface area contributed by atoms with Crippen molar-refractivity contribution >= 4 is 5.91 Å². The molecule has 1 rings (SSSR count). The van der Waals surface area contributed by atoms with Gasteiger partial charge in [0.25, 0.3) is 0 Å². The van der Waals surface area contributed by atoms with Crippen molar-refractivity contribution in [2.24, 2.45) is 0 Å². The third-order valence-electron chi connectivity index (χ3n) is 2.32. The van der Waals surface area contributed by atoms with Crippen LogP contribution in [0.1, 0.15) is 19.3 Å². The van der Waals surface area contributed by atoms with Gasteiger partial charge < -0.3 is 10.6 Å². The van der Waals surface area contributed by atoms with E-state index in [9.17, 15) is 4.79 Å². The van der Waals surface area contributed by atoms with Crippen LogP contribution >= 0.6 is 0 Å². The summed E-state index contributed by atoms with van der Waals surface area (Å²) in [5.41, 5.74) is 0. The third kappa shape index (κ3) is 5.19. The lowest BCUT2D eigenvalue weighted by Crippen LogP contribution is -2.37. The van der Waals surface area contributed by atoms with Gasteiger partial charge in [0.1, 0.15) is 0 Å². The topological polar surface area (TPSA) is 44.4 Å². The van der Waals surface area contributed by atoms with Crippen LogP contribution in [0, 0.1) is 0 Å². The van der Waals surface area contributed by atoms with Gasteiger partial charge in [-0.05, 0) is 46.4 Å². The Morgan fingerprint density at radius 3 is 2.79 bits per heavy atom. The van der Waals surface area contributed by atoms with Gasteiger partial charge in [-0.3, -0.25) is 9.69 Å². The Hall–Kier alpha value is -0.610. The van der Waals surface area contributed by atoms with Gasteiger partial charge in [-0.1, -0.05) is 0 Å². The number of likely N-dealkylation sites (N-methyl/N-ethyl adjacent to an activating group) is 1. The highest BCUT2D eigenvalue weighted by Crippen LogP contribution is 2.18. The van der Waals surface area contributed by atoms with Crippen molar-refractivity contribution in [1.29, 1.82) is 0 Å². The molecule has 4 heteroatoms. The Bertz CT molecular complexity index is 180. The Balaban J connectivity index is 1.99. The highest BCUT2D eigenvalue weighted by Gasteiger charge is 2.23. The molecule has 2 N–H and O–H groups in total. The van der Waals surface area contributed by atoms with Gasteiger partial charge >= 0.3 is 0 Å². The number of carbonyl (C=O) groups excluding carboxylic acids is 1. The predicted octanol–water partition coefficient (Wildman–Crippen LogP) is -0.194. The van der Waals surface area contributed by atoms with Crippen molar-refractivity contribution in [2.45, 2.75) is 25.3 Å². The SMILES string of the molecule is CNCCCN(C)CC(=O)NC1CC1. The molecule has 0 atom stereocenters. The molecule has 0 radical (unpaired) electrons. The molecule has 0 aromatic heterocycles. The van der Waals surface area contributed by atoms with Crippen LogP contribution in [0.15, 0.2) is 0 Å². The van der Waals surface area contributed by atoms with E-state index in [0.29, 0.717) is 12.6 Å². The lowest BCUT2D eigenvalue weighted by Gasteiger charge is -2.15. The third-order valence-corrected chi connectivity index (χ3v) is 2.32. The summed E-state index contributed by atoms with van der Waals surface area (Å²) in [7, 11) is 3.93. The zero-order valence-electron chi connectivity index (χ0n) is 9.18. The standard InChI is InChI=1S/C10H21N3O/c1-11-6-3-7-13(2)8-10(14)12-9-4-5-9/h9,11H,3-8H2,1-2H3,(H,12,14). The monoisotopic (exact) mass is 199 g/mol. The number of hydrogen-bond donors (Lipinski definition) is 2. The summed E-state index contributed by atoms with van der Waals surface area (Å²) < 4.78 is 0. The molecule has 0 bridgehead atoms. The number of nitrogens with zero attached hydrogens (tertiary/aromatic N) is 1. The minimum absolute atomic E-state index is 0.166. The van der Waals surface area contributed by atoms with Crippen molar-refractivity contribution in [2.75, 3.05) is 33.7 Å². The fourth-order valence-corrected chi connectivity index (χ4v) is 1.35. The minimum atomic E-state index is 0.166. The normalized spacial score (nSPS) is 15.9. The van der Waals surface area contributed by atoms with Gasteiger partial charge in [0.2, 0.25) is 5.91 Å². The van der Waals surface area contributed by atoms with E-state index in [2.05, 4.69) is 15.5 Å². The second-order valence-electron chi connectivity index (χ2n) is 4.04. The molecule has 1 saturated carbocycles. The quantitative estimate of drug-likeness (QED) is 0.558. The van der Waals surface area contributed by atoms with Crippen LogP contribution in [-0.2, 0) is 4.79 Å². The Kier molecular flexibility index (Phi) is 4.90. The maximum atomic E-state index is 11.4. The first-order valence-electron chi connectivity index (χ1n) is 5.35. The first kappa shape index (κ1) is 11.5. The van der Waals surface area contributed by atoms with Crippen molar-refractivity contribution in [1.82, 2.24) is 15.5 Å². The Morgan fingerprint density at radius 1 is 1.50 bits per heavy atom. The molecule has 1 aliphatic carbocycles. The van der Waals surface area contributed by atoms with Crippen molar-refractivity contribution in [3.63, 3.8) is 0 Å². The van der Waals surface area contributed by atoms with E-state index in [1.165, 1.54) is 0 Å². The van der Waals surface area contributed by atoms with Crippen LogP contribution in [0.3, 0.4) is 0 Å². The zero-order chi connectivity index (χ0) is 10.4. The maximum Gasteiger partial charge on any atom is 0.234 e. The maximum absolute atomic E-state index is 11.4. The smallest absolute Gasteiger partial charge is 0.234 e. The Labute approximate surface area is 86.0 Å². The van der Waals surface area contributed by atoms with E-state index < -0.39 is 0 Å². The number of carbonyl (C=O) groups is 1. The number of amides is 1. The van der Waals surface area contributed by atoms with Gasteiger partial charge in [0, 0.05) is 6.04 Å². The Morgan fingerprint density at radius 2 is 2.21 bits per heavy atom. The van der Waals surface area contributed by atoms with Crippen LogP contribution in [0.5, 0.6) is 0 Å². The molecule has 0 spiro atoms. The zero-order valence-corrected chi connectivity index (χ0v) is 9.18. The van der Waals surface area contributed by atoms with Gasteiger partial charge in [-0.25, -0.2) is 0 Å². The predicted molar refractivity (Wildman–Crippen MR) is 57.2 cm³/mol. The lowest BCUT2D eigenvalue weighted by atomic mass is 10.4. The lowest BCUT2D eigenvalue weighted by molar-refractivity contribution is -0.122. The summed E-state index contributed by atoms with van der Waals surface area (Å²) in [6.45, 7) is 2.51. The highest BCUT2D eigenvalue weighted by atomic mass is 16.2. The van der Waals surface area contributed by atoms with E-state index >= 15 is 0 Å². The molecule has 1 amide bonds. The van der Waals surface area contributed by atoms with Gasteiger partial charge in [-0.15, -0.1) is 0 Å². The van der Waals surface area contributed by atoms with Crippen LogP contribution in [0.25, 0.3) is 0 Å². The van der Waals surface area contributed by atoms with Crippen LogP contribution in [-0.4, -0.2) is 50.6 Å². The summed E-state index contributed by atoms with van der Waals surface area (Å²) in [6.07, 6.45) is 3.41. The molecule has 0 aliphatic heterocycles. The molecule has 0 saturated heterocycles. The van der Waals surface area contributed by atoms with E-state index in [0.717, 1.165) is 32.4 Å². The summed E-state index contributed by atoms with van der Waals surface area (Å²) in [6, 6.07) is 0.480. The molecule has 0 aromatic carbocycles. The first-order valence-corrected chi connectivity index (χ1v) is 5.35. The van der Waals surface area contributed by atoms with Crippen LogP contribution < -0.4 is 10.6 Å². The van der Waals surface area contributed by atoms with Gasteiger partial charge in [0.15, 0.2) is 0 Å². The molecule has 1 fully saturated rings. The second-order valence-corrected chi connectivity index (χ2v) is 4.04. The molecular weight excluding hydrogens is 178 g/mol. The van der Waals surface area contributed by atoms with E-state index in [-0.39, 0.29) is 5.91 Å². The van der Waals surface area contributed by atoms with Crippen molar-refractivity contribution in [3.8, 4) is 0 Å². The summed E-state index contributed by atoms with van der Waals surface area (Å²) >= 11 is 0. The van der Waals surface area contributed by atoms with Crippen LogP contribution in [0.2, 0.25) is 0 Å². The average Bonchev–Trinajstić information content (AvgIpc) is 2.88. The van der Waals surface area contributed by atoms with E-state index in [1.54, 1.807) is 0 Å². The molecule has 0 heterocycles.